The van der Waals surface area contributed by atoms with E-state index in [-0.39, 0.29) is 11.8 Å². The van der Waals surface area contributed by atoms with Crippen LogP contribution in [0.25, 0.3) is 0 Å². The number of carbonyl (C=O) groups excluding carboxylic acids is 1. The summed E-state index contributed by atoms with van der Waals surface area (Å²) < 4.78 is 33.6. The summed E-state index contributed by atoms with van der Waals surface area (Å²) in [5, 5.41) is 2.96. The molecule has 0 saturated carbocycles. The number of benzene rings is 2. The molecule has 1 N–H and O–H groups in total. The van der Waals surface area contributed by atoms with Crippen LogP contribution >= 0.6 is 0 Å². The lowest BCUT2D eigenvalue weighted by molar-refractivity contribution is -0.126. The van der Waals surface area contributed by atoms with E-state index in [1.807, 2.05) is 31.2 Å². The van der Waals surface area contributed by atoms with Gasteiger partial charge >= 0.3 is 0 Å². The molecular weight excluding hydrogens is 379 g/mol. The monoisotopic (exact) mass is 404 g/mol. The topological polar surface area (TPSA) is 58.6 Å². The molecule has 1 amide bonds. The number of nitrogens with one attached hydrogen (secondary N) is 1. The number of piperidine rings is 1. The number of methoxy groups -OCH3 is 1. The predicted octanol–water partition coefficient (Wildman–Crippen LogP) is 3.19. The molecule has 2 aromatic rings. The van der Waals surface area contributed by atoms with E-state index < -0.39 is 16.8 Å². The van der Waals surface area contributed by atoms with Crippen molar-refractivity contribution in [1.29, 1.82) is 0 Å². The lowest BCUT2D eigenvalue weighted by atomic mass is 9.98. The maximum atomic E-state index is 13.6. The van der Waals surface area contributed by atoms with Crippen molar-refractivity contribution in [2.24, 2.45) is 5.92 Å². The Morgan fingerprint density at radius 1 is 1.32 bits per heavy atom. The third kappa shape index (κ3) is 4.77. The van der Waals surface area contributed by atoms with Crippen molar-refractivity contribution in [3.05, 3.63) is 59.4 Å². The molecule has 5 nitrogen and oxygen atoms in total. The van der Waals surface area contributed by atoms with Crippen LogP contribution < -0.4 is 10.1 Å². The Hall–Kier alpha value is -2.25. The Labute approximate surface area is 167 Å². The van der Waals surface area contributed by atoms with Gasteiger partial charge in [0.05, 0.1) is 17.9 Å². The number of nitrogens with zero attached hydrogens (tertiary/aromatic N) is 1. The lowest BCUT2D eigenvalue weighted by Gasteiger charge is -2.31. The van der Waals surface area contributed by atoms with Gasteiger partial charge in [-0.05, 0) is 43.5 Å². The van der Waals surface area contributed by atoms with Crippen LogP contribution in [0.3, 0.4) is 0 Å². The fourth-order valence-electron chi connectivity index (χ4n) is 3.38. The van der Waals surface area contributed by atoms with Crippen molar-refractivity contribution in [2.45, 2.75) is 31.2 Å². The van der Waals surface area contributed by atoms with Gasteiger partial charge < -0.3 is 10.1 Å². The molecule has 1 heterocycles. The third-order valence-corrected chi connectivity index (χ3v) is 6.59. The highest BCUT2D eigenvalue weighted by Crippen LogP contribution is 2.24. The predicted molar refractivity (Wildman–Crippen MR) is 107 cm³/mol. The molecule has 2 aromatic carbocycles. The smallest absolute Gasteiger partial charge is 0.224 e. The number of amides is 1. The highest BCUT2D eigenvalue weighted by molar-refractivity contribution is 7.82. The first kappa shape index (κ1) is 20.5. The summed E-state index contributed by atoms with van der Waals surface area (Å²) in [6.45, 7) is 3.21. The van der Waals surface area contributed by atoms with Crippen LogP contribution in [0.1, 0.15) is 24.0 Å². The lowest BCUT2D eigenvalue weighted by Crippen LogP contribution is -2.43. The minimum Gasteiger partial charge on any atom is -0.496 e. The standard InChI is InChI=1S/C21H25FN2O3S/c1-15-9-10-18(22)12-20(15)28(26)24-11-5-7-17(14-24)21(25)23-13-16-6-3-4-8-19(16)27-2/h3-4,6,8-10,12,17H,5,7,11,13-14H2,1-2H3,(H,23,25). The Morgan fingerprint density at radius 3 is 2.89 bits per heavy atom. The van der Waals surface area contributed by atoms with Crippen molar-refractivity contribution in [2.75, 3.05) is 20.2 Å². The molecule has 28 heavy (non-hydrogen) atoms. The van der Waals surface area contributed by atoms with Gasteiger partial charge in [0.15, 0.2) is 0 Å². The van der Waals surface area contributed by atoms with Crippen LogP contribution in [0, 0.1) is 18.7 Å². The maximum absolute atomic E-state index is 13.6. The van der Waals surface area contributed by atoms with Gasteiger partial charge in [-0.15, -0.1) is 0 Å². The van der Waals surface area contributed by atoms with E-state index >= 15 is 0 Å². The van der Waals surface area contributed by atoms with Crippen LogP contribution in [-0.2, 0) is 22.3 Å². The number of rotatable bonds is 6. The van der Waals surface area contributed by atoms with Gasteiger partial charge in [0, 0.05) is 25.2 Å². The van der Waals surface area contributed by atoms with Crippen LogP contribution in [0.4, 0.5) is 4.39 Å². The summed E-state index contributed by atoms with van der Waals surface area (Å²) in [4.78, 5) is 13.1. The molecule has 7 heteroatoms. The Balaban J connectivity index is 1.63. The largest absolute Gasteiger partial charge is 0.496 e. The zero-order valence-electron chi connectivity index (χ0n) is 16.1. The molecule has 2 atom stereocenters. The average Bonchev–Trinajstić information content (AvgIpc) is 2.73. The van der Waals surface area contributed by atoms with Gasteiger partial charge in [-0.3, -0.25) is 4.79 Å². The fourth-order valence-corrected chi connectivity index (χ4v) is 4.83. The molecule has 0 radical (unpaired) electrons. The number of para-hydroxylation sites is 1. The Morgan fingerprint density at radius 2 is 2.11 bits per heavy atom. The summed E-state index contributed by atoms with van der Waals surface area (Å²) in [6, 6.07) is 11.9. The van der Waals surface area contributed by atoms with Crippen LogP contribution in [-0.4, -0.2) is 34.6 Å². The third-order valence-electron chi connectivity index (χ3n) is 4.97. The first-order chi connectivity index (χ1) is 13.5. The molecule has 3 rings (SSSR count). The van der Waals surface area contributed by atoms with Crippen molar-refractivity contribution in [1.82, 2.24) is 9.62 Å². The maximum Gasteiger partial charge on any atom is 0.224 e. The number of hydrogen-bond acceptors (Lipinski definition) is 3. The van der Waals surface area contributed by atoms with Gasteiger partial charge in [0.1, 0.15) is 22.6 Å². The molecule has 1 aliphatic heterocycles. The van der Waals surface area contributed by atoms with Crippen molar-refractivity contribution in [3.63, 3.8) is 0 Å². The average molecular weight is 405 g/mol. The highest BCUT2D eigenvalue weighted by atomic mass is 32.2. The van der Waals surface area contributed by atoms with E-state index in [2.05, 4.69) is 5.32 Å². The number of halogens is 1. The second-order valence-electron chi connectivity index (χ2n) is 6.92. The van der Waals surface area contributed by atoms with E-state index in [1.54, 1.807) is 17.5 Å². The van der Waals surface area contributed by atoms with Crippen molar-refractivity contribution >= 4 is 16.9 Å². The SMILES string of the molecule is COc1ccccc1CNC(=O)C1CCCN(S(=O)c2cc(F)ccc2C)C1. The summed E-state index contributed by atoms with van der Waals surface area (Å²) in [7, 11) is 0.120. The van der Waals surface area contributed by atoms with Gasteiger partial charge in [-0.1, -0.05) is 24.3 Å². The molecule has 1 saturated heterocycles. The molecule has 0 aliphatic carbocycles. The van der Waals surface area contributed by atoms with E-state index in [4.69, 9.17) is 4.74 Å². The molecule has 0 spiro atoms. The zero-order valence-corrected chi connectivity index (χ0v) is 16.9. The van der Waals surface area contributed by atoms with E-state index in [9.17, 15) is 13.4 Å². The minimum atomic E-state index is -1.48. The van der Waals surface area contributed by atoms with Gasteiger partial charge in [0.25, 0.3) is 0 Å². The molecule has 150 valence electrons. The first-order valence-electron chi connectivity index (χ1n) is 9.32. The zero-order chi connectivity index (χ0) is 20.1. The fraction of sp³-hybridized carbons (Fsp3) is 0.381. The first-order valence-corrected chi connectivity index (χ1v) is 10.4. The van der Waals surface area contributed by atoms with Crippen molar-refractivity contribution < 1.29 is 18.1 Å². The van der Waals surface area contributed by atoms with E-state index in [0.29, 0.717) is 24.5 Å². The number of aryl methyl sites for hydroxylation is 1. The number of hydrogen-bond donors (Lipinski definition) is 1. The van der Waals surface area contributed by atoms with Gasteiger partial charge in [-0.2, -0.15) is 0 Å². The molecule has 1 fully saturated rings. The van der Waals surface area contributed by atoms with Gasteiger partial charge in [-0.25, -0.2) is 12.9 Å². The molecule has 1 aliphatic rings. The Kier molecular flexibility index (Phi) is 6.80. The summed E-state index contributed by atoms with van der Waals surface area (Å²) in [5.74, 6) is 0.0117. The summed E-state index contributed by atoms with van der Waals surface area (Å²) in [5.41, 5.74) is 1.69. The molecule has 0 bridgehead atoms. The van der Waals surface area contributed by atoms with E-state index in [0.717, 1.165) is 29.7 Å². The number of ether oxygens (including phenoxy) is 1. The minimum absolute atomic E-state index is 0.0661. The second kappa shape index (κ2) is 9.30. The van der Waals surface area contributed by atoms with Gasteiger partial charge in [0.2, 0.25) is 5.91 Å². The molecule has 0 aromatic heterocycles. The van der Waals surface area contributed by atoms with Crippen molar-refractivity contribution in [3.8, 4) is 5.75 Å². The Bertz CT molecular complexity index is 874. The molecular formula is C21H25FN2O3S. The van der Waals surface area contributed by atoms with Crippen LogP contribution in [0.5, 0.6) is 5.75 Å². The molecule has 2 unspecified atom stereocenters. The van der Waals surface area contributed by atoms with E-state index in [1.165, 1.54) is 12.1 Å². The second-order valence-corrected chi connectivity index (χ2v) is 8.37. The quantitative estimate of drug-likeness (QED) is 0.804. The van der Waals surface area contributed by atoms with Crippen LogP contribution in [0.2, 0.25) is 0 Å². The number of carbonyl (C=O) groups is 1. The summed E-state index contributed by atoms with van der Waals surface area (Å²) >= 11 is 0. The van der Waals surface area contributed by atoms with Crippen LogP contribution in [0.15, 0.2) is 47.4 Å². The normalized spacial score (nSPS) is 18.5. The summed E-state index contributed by atoms with van der Waals surface area (Å²) in [6.07, 6.45) is 1.51. The highest BCUT2D eigenvalue weighted by Gasteiger charge is 2.29.